The van der Waals surface area contributed by atoms with Gasteiger partial charge in [0.2, 0.25) is 5.91 Å². The molecule has 4 nitrogen and oxygen atoms in total. The highest BCUT2D eigenvalue weighted by Gasteiger charge is 2.27. The number of amides is 1. The summed E-state index contributed by atoms with van der Waals surface area (Å²) in [4.78, 5) is 13.4. The van der Waals surface area contributed by atoms with Crippen LogP contribution in [0.5, 0.6) is 0 Å². The van der Waals surface area contributed by atoms with Crippen LogP contribution in [-0.4, -0.2) is 23.4 Å². The highest BCUT2D eigenvalue weighted by Crippen LogP contribution is 2.21. The van der Waals surface area contributed by atoms with E-state index < -0.39 is 0 Å². The number of likely N-dealkylation sites (tertiary alicyclic amines) is 1. The summed E-state index contributed by atoms with van der Waals surface area (Å²) in [6, 6.07) is 4.60. The molecule has 5 heteroatoms. The first kappa shape index (κ1) is 14.0. The van der Waals surface area contributed by atoms with Crippen molar-refractivity contribution < 1.29 is 9.18 Å². The SMILES string of the molecule is NCc1ccc(F)c(CN2CCCCC2C(N)=O)c1. The molecule has 0 saturated carbocycles. The van der Waals surface area contributed by atoms with E-state index in [0.717, 1.165) is 31.4 Å². The second-order valence-corrected chi connectivity index (χ2v) is 5.01. The normalized spacial score (nSPS) is 20.4. The summed E-state index contributed by atoms with van der Waals surface area (Å²) in [6.07, 6.45) is 2.77. The lowest BCUT2D eigenvalue weighted by molar-refractivity contribution is -0.124. The predicted octanol–water partition coefficient (Wildman–Crippen LogP) is 1.12. The van der Waals surface area contributed by atoms with Crippen molar-refractivity contribution in [2.24, 2.45) is 11.5 Å². The van der Waals surface area contributed by atoms with Gasteiger partial charge in [-0.2, -0.15) is 0 Å². The first-order chi connectivity index (χ1) is 9.11. The van der Waals surface area contributed by atoms with Crippen LogP contribution in [0.1, 0.15) is 30.4 Å². The van der Waals surface area contributed by atoms with Crippen molar-refractivity contribution in [1.29, 1.82) is 0 Å². The van der Waals surface area contributed by atoms with E-state index in [4.69, 9.17) is 11.5 Å². The van der Waals surface area contributed by atoms with Crippen molar-refractivity contribution in [2.45, 2.75) is 38.4 Å². The Bertz CT molecular complexity index is 464. The Morgan fingerprint density at radius 3 is 2.89 bits per heavy atom. The van der Waals surface area contributed by atoms with Gasteiger partial charge >= 0.3 is 0 Å². The van der Waals surface area contributed by atoms with Gasteiger partial charge in [0.1, 0.15) is 5.82 Å². The van der Waals surface area contributed by atoms with Crippen molar-refractivity contribution in [3.8, 4) is 0 Å². The van der Waals surface area contributed by atoms with Gasteiger partial charge in [-0.15, -0.1) is 0 Å². The number of halogens is 1. The number of carbonyl (C=O) groups is 1. The molecule has 1 amide bonds. The van der Waals surface area contributed by atoms with Gasteiger partial charge in [0.25, 0.3) is 0 Å². The summed E-state index contributed by atoms with van der Waals surface area (Å²) in [5.74, 6) is -0.582. The number of primary amides is 1. The molecule has 0 radical (unpaired) electrons. The highest BCUT2D eigenvalue weighted by molar-refractivity contribution is 5.79. The summed E-state index contributed by atoms with van der Waals surface area (Å²) in [7, 11) is 0. The first-order valence-electron chi connectivity index (χ1n) is 6.62. The molecule has 1 saturated heterocycles. The van der Waals surface area contributed by atoms with Crippen molar-refractivity contribution in [2.75, 3.05) is 6.54 Å². The summed E-state index contributed by atoms with van der Waals surface area (Å²) in [5.41, 5.74) is 12.5. The van der Waals surface area contributed by atoms with Crippen molar-refractivity contribution in [3.63, 3.8) is 0 Å². The standard InChI is InChI=1S/C14H20FN3O/c15-12-5-4-10(8-16)7-11(12)9-18-6-2-1-3-13(18)14(17)19/h4-5,7,13H,1-3,6,8-9,16H2,(H2,17,19). The molecule has 0 bridgehead atoms. The molecule has 1 aromatic rings. The fourth-order valence-corrected chi connectivity index (χ4v) is 2.60. The maximum atomic E-state index is 13.8. The molecular weight excluding hydrogens is 245 g/mol. The molecule has 1 aromatic carbocycles. The Morgan fingerprint density at radius 1 is 1.42 bits per heavy atom. The molecule has 1 fully saturated rings. The van der Waals surface area contributed by atoms with E-state index in [-0.39, 0.29) is 17.8 Å². The van der Waals surface area contributed by atoms with Crippen molar-refractivity contribution >= 4 is 5.91 Å². The summed E-state index contributed by atoms with van der Waals surface area (Å²) in [5, 5.41) is 0. The molecule has 0 spiro atoms. The fraction of sp³-hybridized carbons (Fsp3) is 0.500. The van der Waals surface area contributed by atoms with Gasteiger partial charge in [0.15, 0.2) is 0 Å². The molecule has 1 aliphatic heterocycles. The monoisotopic (exact) mass is 265 g/mol. The lowest BCUT2D eigenvalue weighted by atomic mass is 10.00. The molecule has 1 atom stereocenters. The lowest BCUT2D eigenvalue weighted by Crippen LogP contribution is -2.47. The number of nitrogens with two attached hydrogens (primary N) is 2. The molecule has 1 heterocycles. The lowest BCUT2D eigenvalue weighted by Gasteiger charge is -2.33. The number of nitrogens with zero attached hydrogens (tertiary/aromatic N) is 1. The van der Waals surface area contributed by atoms with Crippen LogP contribution < -0.4 is 11.5 Å². The zero-order valence-corrected chi connectivity index (χ0v) is 10.9. The quantitative estimate of drug-likeness (QED) is 0.857. The molecule has 19 heavy (non-hydrogen) atoms. The molecule has 4 N–H and O–H groups in total. The fourth-order valence-electron chi connectivity index (χ4n) is 2.60. The van der Waals surface area contributed by atoms with Crippen LogP contribution in [0.25, 0.3) is 0 Å². The van der Waals surface area contributed by atoms with E-state index in [1.807, 2.05) is 4.90 Å². The van der Waals surface area contributed by atoms with Crippen LogP contribution in [0.4, 0.5) is 4.39 Å². The Kier molecular flexibility index (Phi) is 4.50. The number of benzene rings is 1. The highest BCUT2D eigenvalue weighted by atomic mass is 19.1. The van der Waals surface area contributed by atoms with E-state index in [0.29, 0.717) is 18.7 Å². The zero-order valence-electron chi connectivity index (χ0n) is 10.9. The molecule has 2 rings (SSSR count). The van der Waals surface area contributed by atoms with E-state index in [9.17, 15) is 9.18 Å². The van der Waals surface area contributed by atoms with Gasteiger partial charge in [-0.25, -0.2) is 4.39 Å². The number of carbonyl (C=O) groups excluding carboxylic acids is 1. The Labute approximate surface area is 112 Å². The van der Waals surface area contributed by atoms with Crippen molar-refractivity contribution in [1.82, 2.24) is 4.90 Å². The van der Waals surface area contributed by atoms with Crippen LogP contribution in [0.15, 0.2) is 18.2 Å². The molecule has 0 aliphatic carbocycles. The Morgan fingerprint density at radius 2 is 2.21 bits per heavy atom. The van der Waals surface area contributed by atoms with E-state index in [2.05, 4.69) is 0 Å². The summed E-state index contributed by atoms with van der Waals surface area (Å²) in [6.45, 7) is 1.57. The average Bonchev–Trinajstić information content (AvgIpc) is 2.41. The largest absolute Gasteiger partial charge is 0.368 e. The number of piperidine rings is 1. The summed E-state index contributed by atoms with van der Waals surface area (Å²) < 4.78 is 13.8. The number of hydrogen-bond donors (Lipinski definition) is 2. The first-order valence-corrected chi connectivity index (χ1v) is 6.62. The second kappa shape index (κ2) is 6.12. The topological polar surface area (TPSA) is 72.3 Å². The van der Waals surface area contributed by atoms with Crippen LogP contribution in [0.3, 0.4) is 0 Å². The zero-order chi connectivity index (χ0) is 13.8. The minimum Gasteiger partial charge on any atom is -0.368 e. The smallest absolute Gasteiger partial charge is 0.234 e. The molecular formula is C14H20FN3O. The molecule has 1 unspecified atom stereocenters. The minimum atomic E-state index is -0.324. The van der Waals surface area contributed by atoms with E-state index in [1.165, 1.54) is 6.07 Å². The van der Waals surface area contributed by atoms with Gasteiger partial charge < -0.3 is 11.5 Å². The van der Waals surface area contributed by atoms with Gasteiger partial charge in [-0.3, -0.25) is 9.69 Å². The van der Waals surface area contributed by atoms with Gasteiger partial charge in [-0.1, -0.05) is 18.6 Å². The third-order valence-corrected chi connectivity index (χ3v) is 3.66. The van der Waals surface area contributed by atoms with E-state index >= 15 is 0 Å². The average molecular weight is 265 g/mol. The minimum absolute atomic E-state index is 0.258. The number of rotatable bonds is 4. The Hall–Kier alpha value is -1.46. The molecule has 104 valence electrons. The second-order valence-electron chi connectivity index (χ2n) is 5.01. The van der Waals surface area contributed by atoms with Crippen LogP contribution >= 0.6 is 0 Å². The van der Waals surface area contributed by atoms with Gasteiger partial charge in [-0.05, 0) is 31.0 Å². The van der Waals surface area contributed by atoms with Gasteiger partial charge in [0.05, 0.1) is 6.04 Å². The van der Waals surface area contributed by atoms with Crippen molar-refractivity contribution in [3.05, 3.63) is 35.1 Å². The van der Waals surface area contributed by atoms with E-state index in [1.54, 1.807) is 12.1 Å². The molecule has 0 aromatic heterocycles. The van der Waals surface area contributed by atoms with Crippen LogP contribution in [-0.2, 0) is 17.9 Å². The number of hydrogen-bond acceptors (Lipinski definition) is 3. The van der Waals surface area contributed by atoms with Crippen LogP contribution in [0, 0.1) is 5.82 Å². The third kappa shape index (κ3) is 3.30. The summed E-state index contributed by atoms with van der Waals surface area (Å²) >= 11 is 0. The Balaban J connectivity index is 2.16. The maximum Gasteiger partial charge on any atom is 0.234 e. The molecule has 1 aliphatic rings. The van der Waals surface area contributed by atoms with Crippen LogP contribution in [0.2, 0.25) is 0 Å². The third-order valence-electron chi connectivity index (χ3n) is 3.66. The predicted molar refractivity (Wildman–Crippen MR) is 71.5 cm³/mol. The maximum absolute atomic E-state index is 13.8. The van der Waals surface area contributed by atoms with Gasteiger partial charge in [0, 0.05) is 18.7 Å².